The molecule has 0 saturated heterocycles. The Morgan fingerprint density at radius 3 is 2.19 bits per heavy atom. The summed E-state index contributed by atoms with van der Waals surface area (Å²) in [6.45, 7) is 0. The number of ether oxygens (including phenoxy) is 2. The minimum absolute atomic E-state index is 0.275. The van der Waals surface area contributed by atoms with Crippen LogP contribution in [0.2, 0.25) is 0 Å². The summed E-state index contributed by atoms with van der Waals surface area (Å²) in [4.78, 5) is 0. The summed E-state index contributed by atoms with van der Waals surface area (Å²) in [6.07, 6.45) is 0.521. The fourth-order valence-corrected chi connectivity index (χ4v) is 2.66. The van der Waals surface area contributed by atoms with Crippen LogP contribution in [0.25, 0.3) is 0 Å². The van der Waals surface area contributed by atoms with E-state index in [4.69, 9.17) is 15.2 Å². The Morgan fingerprint density at radius 2 is 1.67 bits per heavy atom. The van der Waals surface area contributed by atoms with Crippen LogP contribution in [0, 0.1) is 5.82 Å². The fourth-order valence-electron chi connectivity index (χ4n) is 2.14. The van der Waals surface area contributed by atoms with Gasteiger partial charge in [0.05, 0.1) is 14.2 Å². The molecule has 0 saturated carbocycles. The third kappa shape index (κ3) is 4.19. The summed E-state index contributed by atoms with van der Waals surface area (Å²) in [5.74, 6) is 1.08. The van der Waals surface area contributed by atoms with Crippen molar-refractivity contribution in [2.45, 2.75) is 12.5 Å². The normalized spacial score (nSPS) is 12.0. The summed E-state index contributed by atoms with van der Waals surface area (Å²) >= 11 is 3.28. The second kappa shape index (κ2) is 6.91. The number of benzene rings is 2. The molecule has 2 aromatic carbocycles. The van der Waals surface area contributed by atoms with Crippen LogP contribution in [0.4, 0.5) is 4.39 Å². The van der Waals surface area contributed by atoms with Crippen LogP contribution < -0.4 is 15.2 Å². The number of nitrogens with two attached hydrogens (primary N) is 1. The summed E-state index contributed by atoms with van der Waals surface area (Å²) in [5, 5.41) is 0. The molecule has 1 atom stereocenters. The number of hydrogen-bond acceptors (Lipinski definition) is 3. The van der Waals surface area contributed by atoms with Gasteiger partial charge in [-0.15, -0.1) is 0 Å². The zero-order valence-electron chi connectivity index (χ0n) is 11.9. The van der Waals surface area contributed by atoms with E-state index in [1.54, 1.807) is 20.3 Å². The molecule has 2 aromatic rings. The Morgan fingerprint density at radius 1 is 1.05 bits per heavy atom. The van der Waals surface area contributed by atoms with E-state index in [9.17, 15) is 4.39 Å². The highest BCUT2D eigenvalue weighted by atomic mass is 79.9. The van der Waals surface area contributed by atoms with Crippen molar-refractivity contribution in [3.63, 3.8) is 0 Å². The molecule has 0 aliphatic carbocycles. The van der Waals surface area contributed by atoms with Gasteiger partial charge in [-0.2, -0.15) is 0 Å². The highest BCUT2D eigenvalue weighted by Crippen LogP contribution is 2.27. The minimum Gasteiger partial charge on any atom is -0.497 e. The largest absolute Gasteiger partial charge is 0.497 e. The van der Waals surface area contributed by atoms with E-state index in [0.29, 0.717) is 22.4 Å². The van der Waals surface area contributed by atoms with E-state index < -0.39 is 0 Å². The van der Waals surface area contributed by atoms with Crippen LogP contribution in [-0.4, -0.2) is 14.2 Å². The average molecular weight is 354 g/mol. The number of rotatable bonds is 5. The van der Waals surface area contributed by atoms with Gasteiger partial charge < -0.3 is 15.2 Å². The third-order valence-corrected chi connectivity index (χ3v) is 3.64. The molecule has 21 heavy (non-hydrogen) atoms. The molecule has 0 bridgehead atoms. The van der Waals surface area contributed by atoms with E-state index in [-0.39, 0.29) is 11.9 Å². The summed E-state index contributed by atoms with van der Waals surface area (Å²) in [7, 11) is 3.18. The lowest BCUT2D eigenvalue weighted by molar-refractivity contribution is 0.392. The van der Waals surface area contributed by atoms with Gasteiger partial charge in [-0.1, -0.05) is 15.9 Å². The van der Waals surface area contributed by atoms with Crippen molar-refractivity contribution in [1.29, 1.82) is 0 Å². The predicted molar refractivity (Wildman–Crippen MR) is 84.3 cm³/mol. The molecule has 2 N–H and O–H groups in total. The number of halogens is 2. The highest BCUT2D eigenvalue weighted by molar-refractivity contribution is 9.10. The van der Waals surface area contributed by atoms with Crippen LogP contribution >= 0.6 is 15.9 Å². The average Bonchev–Trinajstić information content (AvgIpc) is 2.45. The highest BCUT2D eigenvalue weighted by Gasteiger charge is 2.12. The lowest BCUT2D eigenvalue weighted by Crippen LogP contribution is -2.13. The van der Waals surface area contributed by atoms with Gasteiger partial charge in [-0.05, 0) is 47.9 Å². The first kappa shape index (κ1) is 15.8. The van der Waals surface area contributed by atoms with Crippen LogP contribution in [0.3, 0.4) is 0 Å². The Balaban J connectivity index is 2.25. The van der Waals surface area contributed by atoms with Gasteiger partial charge in [-0.3, -0.25) is 0 Å². The molecule has 0 aliphatic heterocycles. The van der Waals surface area contributed by atoms with E-state index >= 15 is 0 Å². The Bertz CT molecular complexity index is 591. The molecule has 0 aliphatic rings. The van der Waals surface area contributed by atoms with Gasteiger partial charge in [0, 0.05) is 16.6 Å². The van der Waals surface area contributed by atoms with Gasteiger partial charge in [0.15, 0.2) is 0 Å². The van der Waals surface area contributed by atoms with Crippen molar-refractivity contribution in [1.82, 2.24) is 0 Å². The lowest BCUT2D eigenvalue weighted by atomic mass is 9.99. The van der Waals surface area contributed by atoms with Crippen LogP contribution in [0.15, 0.2) is 40.9 Å². The molecule has 0 spiro atoms. The smallest absolute Gasteiger partial charge is 0.124 e. The SMILES string of the molecule is COc1cc(OC)cc(C(N)Cc2cc(F)cc(Br)c2)c1. The minimum atomic E-state index is -0.283. The van der Waals surface area contributed by atoms with Gasteiger partial charge in [0.25, 0.3) is 0 Å². The zero-order valence-corrected chi connectivity index (χ0v) is 13.5. The molecule has 1 unspecified atom stereocenters. The maximum atomic E-state index is 13.4. The maximum Gasteiger partial charge on any atom is 0.124 e. The first-order chi connectivity index (χ1) is 10.0. The summed E-state index contributed by atoms with van der Waals surface area (Å²) < 4.78 is 24.6. The molecule has 112 valence electrons. The van der Waals surface area contributed by atoms with E-state index in [1.807, 2.05) is 18.2 Å². The first-order valence-electron chi connectivity index (χ1n) is 6.45. The fraction of sp³-hybridized carbons (Fsp3) is 0.250. The van der Waals surface area contributed by atoms with Crippen LogP contribution in [0.5, 0.6) is 11.5 Å². The van der Waals surface area contributed by atoms with E-state index in [2.05, 4.69) is 15.9 Å². The van der Waals surface area contributed by atoms with Gasteiger partial charge in [0.2, 0.25) is 0 Å². The zero-order chi connectivity index (χ0) is 15.4. The van der Waals surface area contributed by atoms with E-state index in [0.717, 1.165) is 11.1 Å². The standard InChI is InChI=1S/C16H17BrFNO2/c1-20-14-6-11(7-15(9-14)21-2)16(19)5-10-3-12(17)8-13(18)4-10/h3-4,6-9,16H,5,19H2,1-2H3. The number of methoxy groups -OCH3 is 2. The first-order valence-corrected chi connectivity index (χ1v) is 7.24. The van der Waals surface area contributed by atoms with Crippen molar-refractivity contribution < 1.29 is 13.9 Å². The molecule has 0 heterocycles. The Kier molecular flexibility index (Phi) is 5.20. The predicted octanol–water partition coefficient (Wildman–Crippen LogP) is 3.85. The van der Waals surface area contributed by atoms with E-state index in [1.165, 1.54) is 12.1 Å². The molecule has 0 fully saturated rings. The van der Waals surface area contributed by atoms with Gasteiger partial charge in [0.1, 0.15) is 17.3 Å². The quantitative estimate of drug-likeness (QED) is 0.887. The molecule has 5 heteroatoms. The molecule has 0 amide bonds. The molecular weight excluding hydrogens is 337 g/mol. The van der Waals surface area contributed by atoms with Crippen molar-refractivity contribution in [3.05, 3.63) is 57.8 Å². The van der Waals surface area contributed by atoms with Crippen molar-refractivity contribution in [2.75, 3.05) is 14.2 Å². The van der Waals surface area contributed by atoms with Crippen molar-refractivity contribution >= 4 is 15.9 Å². The second-order valence-corrected chi connectivity index (χ2v) is 5.65. The lowest BCUT2D eigenvalue weighted by Gasteiger charge is -2.15. The number of hydrogen-bond donors (Lipinski definition) is 1. The Hall–Kier alpha value is -1.59. The molecule has 3 nitrogen and oxygen atoms in total. The molecule has 0 radical (unpaired) electrons. The molecule has 0 aromatic heterocycles. The Labute approximate surface area is 132 Å². The van der Waals surface area contributed by atoms with Crippen LogP contribution in [-0.2, 0) is 6.42 Å². The maximum absolute atomic E-state index is 13.4. The monoisotopic (exact) mass is 353 g/mol. The van der Waals surface area contributed by atoms with Crippen molar-refractivity contribution in [2.24, 2.45) is 5.73 Å². The third-order valence-electron chi connectivity index (χ3n) is 3.18. The van der Waals surface area contributed by atoms with Crippen molar-refractivity contribution in [3.8, 4) is 11.5 Å². The van der Waals surface area contributed by atoms with Gasteiger partial charge in [-0.25, -0.2) is 4.39 Å². The molecular formula is C16H17BrFNO2. The molecule has 2 rings (SSSR count). The summed E-state index contributed by atoms with van der Waals surface area (Å²) in [6, 6.07) is 10.0. The van der Waals surface area contributed by atoms with Crippen LogP contribution in [0.1, 0.15) is 17.2 Å². The summed E-state index contributed by atoms with van der Waals surface area (Å²) in [5.41, 5.74) is 7.94. The topological polar surface area (TPSA) is 44.5 Å². The second-order valence-electron chi connectivity index (χ2n) is 4.73. The van der Waals surface area contributed by atoms with Gasteiger partial charge >= 0.3 is 0 Å².